The van der Waals surface area contributed by atoms with Crippen LogP contribution < -0.4 is 9.80 Å². The van der Waals surface area contributed by atoms with Gasteiger partial charge in [-0.25, -0.2) is 0 Å². The maximum absolute atomic E-state index is 2.52. The quantitative estimate of drug-likeness (QED) is 0.150. The summed E-state index contributed by atoms with van der Waals surface area (Å²) in [6.07, 6.45) is 0. The van der Waals surface area contributed by atoms with E-state index in [9.17, 15) is 0 Å². The number of fused-ring (bicyclic) bond motifs is 12. The van der Waals surface area contributed by atoms with Crippen LogP contribution in [0.3, 0.4) is 0 Å². The second-order valence-electron chi connectivity index (χ2n) is 17.6. The molecule has 0 radical (unpaired) electrons. The summed E-state index contributed by atoms with van der Waals surface area (Å²) in [5.74, 6) is 0. The Balaban J connectivity index is 0.888. The highest BCUT2D eigenvalue weighted by atomic mass is 15.1. The molecule has 0 aromatic heterocycles. The van der Waals surface area contributed by atoms with Crippen molar-refractivity contribution in [3.63, 3.8) is 0 Å². The third kappa shape index (κ3) is 6.11. The van der Waals surface area contributed by atoms with Gasteiger partial charge in [0, 0.05) is 33.8 Å². The van der Waals surface area contributed by atoms with Gasteiger partial charge < -0.3 is 9.80 Å². The van der Waals surface area contributed by atoms with Crippen molar-refractivity contribution in [2.45, 2.75) is 5.41 Å². The van der Waals surface area contributed by atoms with Gasteiger partial charge in [-0.15, -0.1) is 0 Å². The average Bonchev–Trinajstić information content (AvgIpc) is 3.88. The Kier molecular flexibility index (Phi) is 9.11. The largest absolute Gasteiger partial charge is 0.311 e. The van der Waals surface area contributed by atoms with E-state index in [2.05, 4.69) is 277 Å². The molecular formula is C65H44N2. The first kappa shape index (κ1) is 38.7. The standard InChI is InChI=1S/C65H44N2/c1-4-18-49(19-5-1)66(50-20-6-2-7-21-50)52-40-36-47(37-41-52)45-32-34-46(35-33-45)48-38-42-53(43-39-48)67(51-22-8-3-9-23-51)63-44-62-64(57-27-11-10-26-56(57)63)58-28-14-17-31-61(58)65(62)59-29-15-12-24-54(59)55-25-13-16-30-60(55)65/h1-44H. The monoisotopic (exact) mass is 852 g/mol. The number of hydrogen-bond donors (Lipinski definition) is 0. The Bertz CT molecular complexity index is 3510. The van der Waals surface area contributed by atoms with Crippen molar-refractivity contribution >= 4 is 44.9 Å². The molecule has 11 aromatic rings. The van der Waals surface area contributed by atoms with Gasteiger partial charge in [0.1, 0.15) is 0 Å². The third-order valence-corrected chi connectivity index (χ3v) is 14.1. The third-order valence-electron chi connectivity index (χ3n) is 14.1. The molecule has 13 rings (SSSR count). The molecule has 0 N–H and O–H groups in total. The molecule has 0 saturated carbocycles. The molecule has 0 heterocycles. The molecule has 67 heavy (non-hydrogen) atoms. The van der Waals surface area contributed by atoms with E-state index >= 15 is 0 Å². The van der Waals surface area contributed by atoms with Crippen LogP contribution >= 0.6 is 0 Å². The zero-order valence-corrected chi connectivity index (χ0v) is 36.8. The molecule has 0 unspecified atom stereocenters. The fraction of sp³-hybridized carbons (Fsp3) is 0.0154. The molecule has 2 aliphatic carbocycles. The Hall–Kier alpha value is -8.72. The van der Waals surface area contributed by atoms with E-state index in [0.29, 0.717) is 0 Å². The van der Waals surface area contributed by atoms with Gasteiger partial charge in [0.25, 0.3) is 0 Å². The van der Waals surface area contributed by atoms with E-state index in [1.54, 1.807) is 0 Å². The van der Waals surface area contributed by atoms with Crippen LogP contribution in [0.25, 0.3) is 55.3 Å². The second kappa shape index (κ2) is 15.8. The first-order valence-electron chi connectivity index (χ1n) is 23.2. The van der Waals surface area contributed by atoms with E-state index in [-0.39, 0.29) is 0 Å². The maximum atomic E-state index is 2.52. The van der Waals surface area contributed by atoms with Crippen molar-refractivity contribution in [2.75, 3.05) is 9.80 Å². The summed E-state index contributed by atoms with van der Waals surface area (Å²) in [6.45, 7) is 0. The lowest BCUT2D eigenvalue weighted by molar-refractivity contribution is 0.794. The van der Waals surface area contributed by atoms with Crippen molar-refractivity contribution < 1.29 is 0 Å². The van der Waals surface area contributed by atoms with Crippen molar-refractivity contribution in [3.8, 4) is 44.5 Å². The first-order chi connectivity index (χ1) is 33.3. The van der Waals surface area contributed by atoms with Crippen LogP contribution in [0.4, 0.5) is 34.1 Å². The van der Waals surface area contributed by atoms with Gasteiger partial charge in [0.05, 0.1) is 11.1 Å². The molecule has 2 heteroatoms. The number of hydrogen-bond acceptors (Lipinski definition) is 2. The molecule has 0 aliphatic heterocycles. The molecule has 0 amide bonds. The lowest BCUT2D eigenvalue weighted by Gasteiger charge is -2.33. The summed E-state index contributed by atoms with van der Waals surface area (Å²) >= 11 is 0. The molecule has 0 bridgehead atoms. The number of nitrogens with zero attached hydrogens (tertiary/aromatic N) is 2. The minimum Gasteiger partial charge on any atom is -0.311 e. The second-order valence-corrected chi connectivity index (χ2v) is 17.6. The summed E-state index contributed by atoms with van der Waals surface area (Å²) in [5.41, 5.74) is 21.7. The fourth-order valence-corrected chi connectivity index (χ4v) is 11.2. The normalized spacial score (nSPS) is 12.6. The average molecular weight is 853 g/mol. The molecule has 314 valence electrons. The Labute approximate surface area is 391 Å². The fourth-order valence-electron chi connectivity index (χ4n) is 11.2. The van der Waals surface area contributed by atoms with Crippen LogP contribution in [0, 0.1) is 0 Å². The van der Waals surface area contributed by atoms with Crippen LogP contribution in [0.15, 0.2) is 267 Å². The topological polar surface area (TPSA) is 6.48 Å². The van der Waals surface area contributed by atoms with Crippen molar-refractivity contribution in [3.05, 3.63) is 289 Å². The Morgan fingerprint density at radius 2 is 0.567 bits per heavy atom. The maximum Gasteiger partial charge on any atom is 0.0726 e. The van der Waals surface area contributed by atoms with Crippen LogP contribution in [-0.2, 0) is 5.41 Å². The van der Waals surface area contributed by atoms with Crippen molar-refractivity contribution in [1.29, 1.82) is 0 Å². The number of rotatable bonds is 8. The molecule has 11 aromatic carbocycles. The molecule has 0 fully saturated rings. The van der Waals surface area contributed by atoms with Gasteiger partial charge in [-0.1, -0.05) is 200 Å². The lowest BCUT2D eigenvalue weighted by Crippen LogP contribution is -2.26. The van der Waals surface area contributed by atoms with Crippen molar-refractivity contribution in [1.82, 2.24) is 0 Å². The molecule has 2 nitrogen and oxygen atoms in total. The highest BCUT2D eigenvalue weighted by Crippen LogP contribution is 2.64. The van der Waals surface area contributed by atoms with Gasteiger partial charge in [0.2, 0.25) is 0 Å². The molecule has 0 atom stereocenters. The number of anilines is 6. The zero-order valence-electron chi connectivity index (χ0n) is 36.8. The molecular weight excluding hydrogens is 809 g/mol. The van der Waals surface area contributed by atoms with Gasteiger partial charge >= 0.3 is 0 Å². The van der Waals surface area contributed by atoms with E-state index < -0.39 is 5.41 Å². The summed E-state index contributed by atoms with van der Waals surface area (Å²) in [7, 11) is 0. The Morgan fingerprint density at radius 3 is 1.04 bits per heavy atom. The van der Waals surface area contributed by atoms with Crippen molar-refractivity contribution in [2.24, 2.45) is 0 Å². The van der Waals surface area contributed by atoms with E-state index in [0.717, 1.165) is 34.1 Å². The van der Waals surface area contributed by atoms with Gasteiger partial charge in [-0.3, -0.25) is 0 Å². The molecule has 1 spiro atoms. The predicted molar refractivity (Wildman–Crippen MR) is 280 cm³/mol. The molecule has 2 aliphatic rings. The summed E-state index contributed by atoms with van der Waals surface area (Å²) in [5, 5.41) is 2.48. The van der Waals surface area contributed by atoms with Crippen LogP contribution in [-0.4, -0.2) is 0 Å². The number of para-hydroxylation sites is 3. The number of benzene rings is 11. The van der Waals surface area contributed by atoms with E-state index in [1.165, 1.54) is 77.5 Å². The predicted octanol–water partition coefficient (Wildman–Crippen LogP) is 17.5. The summed E-state index contributed by atoms with van der Waals surface area (Å²) in [4.78, 5) is 4.75. The summed E-state index contributed by atoms with van der Waals surface area (Å²) in [6, 6.07) is 97.7. The minimum absolute atomic E-state index is 0.455. The van der Waals surface area contributed by atoms with Crippen LogP contribution in [0.2, 0.25) is 0 Å². The Morgan fingerprint density at radius 1 is 0.239 bits per heavy atom. The molecule has 0 saturated heterocycles. The highest BCUT2D eigenvalue weighted by molar-refractivity contribution is 6.12. The van der Waals surface area contributed by atoms with Gasteiger partial charge in [-0.05, 0) is 139 Å². The van der Waals surface area contributed by atoms with Crippen LogP contribution in [0.1, 0.15) is 22.3 Å². The van der Waals surface area contributed by atoms with Gasteiger partial charge in [0.15, 0.2) is 0 Å². The SMILES string of the molecule is c1ccc(N(c2ccccc2)c2ccc(-c3ccc(-c4ccc(N(c5ccccc5)c5cc6c(c7ccccc57)-c5ccccc5C65c6ccccc6-c6ccccc65)cc4)cc3)cc2)cc1. The van der Waals surface area contributed by atoms with E-state index in [4.69, 9.17) is 0 Å². The van der Waals surface area contributed by atoms with E-state index in [1.807, 2.05) is 0 Å². The smallest absolute Gasteiger partial charge is 0.0726 e. The highest BCUT2D eigenvalue weighted by Gasteiger charge is 2.52. The van der Waals surface area contributed by atoms with Gasteiger partial charge in [-0.2, -0.15) is 0 Å². The first-order valence-corrected chi connectivity index (χ1v) is 23.2. The van der Waals surface area contributed by atoms with Crippen LogP contribution in [0.5, 0.6) is 0 Å². The minimum atomic E-state index is -0.455. The zero-order chi connectivity index (χ0) is 44.3. The lowest BCUT2D eigenvalue weighted by atomic mass is 9.70. The summed E-state index contributed by atoms with van der Waals surface area (Å²) < 4.78 is 0.